The van der Waals surface area contributed by atoms with Crippen LogP contribution in [0.4, 0.5) is 0 Å². The zero-order chi connectivity index (χ0) is 14.5. The monoisotopic (exact) mass is 353 g/mol. The van der Waals surface area contributed by atoms with Crippen molar-refractivity contribution in [1.82, 2.24) is 5.48 Å². The highest BCUT2D eigenvalue weighted by molar-refractivity contribution is 9.10. The minimum atomic E-state index is -4.82. The summed E-state index contributed by atoms with van der Waals surface area (Å²) in [5.74, 6) is -1.09. The molecule has 3 N–H and O–H groups in total. The van der Waals surface area contributed by atoms with Crippen molar-refractivity contribution in [3.63, 3.8) is 0 Å². The Bertz CT molecular complexity index is 473. The van der Waals surface area contributed by atoms with Crippen LogP contribution in [0.15, 0.2) is 28.7 Å². The summed E-state index contributed by atoms with van der Waals surface area (Å²) in [5.41, 5.74) is 3.21. The molecule has 0 aliphatic rings. The average Bonchev–Trinajstić information content (AvgIpc) is 2.29. The Hall–Kier alpha value is -0.760. The molecule has 0 saturated carbocycles. The second-order valence-corrected chi connectivity index (χ2v) is 5.73. The third-order valence-corrected chi connectivity index (χ3v) is 2.92. The number of nitrogens with one attached hydrogen (secondary N) is 1. The number of rotatable bonds is 6. The van der Waals surface area contributed by atoms with Crippen molar-refractivity contribution in [2.45, 2.75) is 19.6 Å². The van der Waals surface area contributed by atoms with Crippen molar-refractivity contribution in [2.24, 2.45) is 0 Å². The van der Waals surface area contributed by atoms with E-state index in [-0.39, 0.29) is 6.61 Å². The molecule has 0 bridgehead atoms. The topological polar surface area (TPSA) is 105 Å². The smallest absolute Gasteiger partial charge is 0.369 e. The number of phosphoric ester groups is 1. The standard InChI is InChI=1S/C10H13BrNO6P/c1-7(10(13)18-19(14,15)16)12-17-6-8-2-4-9(11)5-3-8/h2-5,7,12H,6H2,1H3,(H2,14,15,16)/t7-/m0/s1. The van der Waals surface area contributed by atoms with E-state index in [0.29, 0.717) is 0 Å². The fraction of sp³-hybridized carbons (Fsp3) is 0.300. The maximum atomic E-state index is 11.2. The maximum Gasteiger partial charge on any atom is 0.527 e. The van der Waals surface area contributed by atoms with Crippen molar-refractivity contribution in [2.75, 3.05) is 0 Å². The van der Waals surface area contributed by atoms with Gasteiger partial charge in [0.05, 0.1) is 6.61 Å². The molecular formula is C10H13BrNO6P. The molecule has 0 fully saturated rings. The predicted octanol–water partition coefficient (Wildman–Crippen LogP) is 1.49. The summed E-state index contributed by atoms with van der Waals surface area (Å²) in [6.45, 7) is 1.56. The minimum absolute atomic E-state index is 0.195. The lowest BCUT2D eigenvalue weighted by Crippen LogP contribution is -2.34. The highest BCUT2D eigenvalue weighted by Gasteiger charge is 2.24. The molecule has 0 aromatic heterocycles. The molecule has 0 unspecified atom stereocenters. The molecule has 0 amide bonds. The minimum Gasteiger partial charge on any atom is -0.369 e. The Kier molecular flexibility index (Phi) is 6.12. The Labute approximate surface area is 118 Å². The van der Waals surface area contributed by atoms with Crippen LogP contribution in [0.25, 0.3) is 0 Å². The first-order valence-electron chi connectivity index (χ1n) is 5.18. The van der Waals surface area contributed by atoms with Gasteiger partial charge in [0.2, 0.25) is 0 Å². The number of hydroxylamine groups is 1. The molecular weight excluding hydrogens is 341 g/mol. The molecule has 19 heavy (non-hydrogen) atoms. The second kappa shape index (κ2) is 7.14. The van der Waals surface area contributed by atoms with Crippen molar-refractivity contribution < 1.29 is 28.5 Å². The number of benzene rings is 1. The van der Waals surface area contributed by atoms with E-state index in [0.717, 1.165) is 10.0 Å². The summed E-state index contributed by atoms with van der Waals surface area (Å²) in [5, 5.41) is 0. The van der Waals surface area contributed by atoms with Gasteiger partial charge in [-0.1, -0.05) is 28.1 Å². The molecule has 9 heteroatoms. The molecule has 7 nitrogen and oxygen atoms in total. The van der Waals surface area contributed by atoms with Crippen molar-refractivity contribution >= 4 is 29.7 Å². The molecule has 0 radical (unpaired) electrons. The highest BCUT2D eigenvalue weighted by atomic mass is 79.9. The molecule has 0 heterocycles. The number of carbonyl (C=O) groups excluding carboxylic acids is 1. The van der Waals surface area contributed by atoms with E-state index in [1.54, 1.807) is 0 Å². The lowest BCUT2D eigenvalue weighted by Gasteiger charge is -2.13. The van der Waals surface area contributed by atoms with E-state index in [2.05, 4.69) is 25.9 Å². The van der Waals surface area contributed by atoms with Gasteiger partial charge in [-0.25, -0.2) is 9.36 Å². The van der Waals surface area contributed by atoms with Gasteiger partial charge in [-0.15, -0.1) is 0 Å². The van der Waals surface area contributed by atoms with Crippen molar-refractivity contribution in [3.05, 3.63) is 34.3 Å². The van der Waals surface area contributed by atoms with Crippen molar-refractivity contribution in [1.29, 1.82) is 0 Å². The third-order valence-electron chi connectivity index (χ3n) is 1.97. The van der Waals surface area contributed by atoms with Gasteiger partial charge in [-0.3, -0.25) is 14.6 Å². The summed E-state index contributed by atoms with van der Waals surface area (Å²) in [6, 6.07) is 6.33. The van der Waals surface area contributed by atoms with E-state index >= 15 is 0 Å². The van der Waals surface area contributed by atoms with Gasteiger partial charge in [-0.2, -0.15) is 5.48 Å². The highest BCUT2D eigenvalue weighted by Crippen LogP contribution is 2.36. The Morgan fingerprint density at radius 1 is 1.42 bits per heavy atom. The van der Waals surface area contributed by atoms with Gasteiger partial charge in [0.15, 0.2) is 0 Å². The third kappa shape index (κ3) is 6.81. The van der Waals surface area contributed by atoms with Gasteiger partial charge < -0.3 is 4.52 Å². The molecule has 1 atom stereocenters. The van der Waals surface area contributed by atoms with Crippen LogP contribution in [0, 0.1) is 0 Å². The van der Waals surface area contributed by atoms with Gasteiger partial charge in [0, 0.05) is 4.47 Å². The summed E-state index contributed by atoms with van der Waals surface area (Å²) in [6.07, 6.45) is 0. The number of phosphoric acid groups is 1. The van der Waals surface area contributed by atoms with Gasteiger partial charge in [0.25, 0.3) is 0 Å². The van der Waals surface area contributed by atoms with Gasteiger partial charge in [-0.05, 0) is 24.6 Å². The lowest BCUT2D eigenvalue weighted by atomic mass is 10.2. The molecule has 1 aromatic rings. The molecule has 0 aliphatic carbocycles. The van der Waals surface area contributed by atoms with Crippen LogP contribution in [0.5, 0.6) is 0 Å². The Balaban J connectivity index is 2.34. The zero-order valence-electron chi connectivity index (χ0n) is 9.95. The largest absolute Gasteiger partial charge is 0.527 e. The summed E-state index contributed by atoms with van der Waals surface area (Å²) >= 11 is 3.29. The van der Waals surface area contributed by atoms with Crippen LogP contribution in [0.2, 0.25) is 0 Å². The predicted molar refractivity (Wildman–Crippen MR) is 69.7 cm³/mol. The van der Waals surface area contributed by atoms with E-state index in [1.165, 1.54) is 6.92 Å². The van der Waals surface area contributed by atoms with Crippen LogP contribution in [-0.4, -0.2) is 21.8 Å². The van der Waals surface area contributed by atoms with Crippen LogP contribution in [-0.2, 0) is 25.3 Å². The van der Waals surface area contributed by atoms with E-state index in [1.807, 2.05) is 24.3 Å². The molecule has 0 aliphatic heterocycles. The molecule has 106 valence electrons. The SMILES string of the molecule is C[C@H](NOCc1ccc(Br)cc1)C(=O)OP(=O)(O)O. The summed E-state index contributed by atoms with van der Waals surface area (Å²) in [4.78, 5) is 33.1. The Morgan fingerprint density at radius 2 is 2.00 bits per heavy atom. The van der Waals surface area contributed by atoms with E-state index in [9.17, 15) is 9.36 Å². The fourth-order valence-electron chi connectivity index (χ4n) is 1.08. The number of carbonyl (C=O) groups is 1. The summed E-state index contributed by atoms with van der Waals surface area (Å²) in [7, 11) is -4.82. The normalized spacial score (nSPS) is 13.1. The fourth-order valence-corrected chi connectivity index (χ4v) is 1.73. The number of hydrogen-bond donors (Lipinski definition) is 3. The van der Waals surface area contributed by atoms with Crippen LogP contribution >= 0.6 is 23.8 Å². The molecule has 0 spiro atoms. The summed E-state index contributed by atoms with van der Waals surface area (Å²) < 4.78 is 15.3. The van der Waals surface area contributed by atoms with E-state index < -0.39 is 19.8 Å². The van der Waals surface area contributed by atoms with Crippen molar-refractivity contribution in [3.8, 4) is 0 Å². The number of hydrogen-bond acceptors (Lipinski definition) is 5. The molecule has 1 aromatic carbocycles. The van der Waals surface area contributed by atoms with Crippen LogP contribution < -0.4 is 5.48 Å². The zero-order valence-corrected chi connectivity index (χ0v) is 12.4. The van der Waals surface area contributed by atoms with Crippen LogP contribution in [0.1, 0.15) is 12.5 Å². The first-order valence-corrected chi connectivity index (χ1v) is 7.51. The molecule has 1 rings (SSSR count). The first-order chi connectivity index (χ1) is 8.78. The average molecular weight is 354 g/mol. The second-order valence-electron chi connectivity index (χ2n) is 3.66. The van der Waals surface area contributed by atoms with Gasteiger partial charge >= 0.3 is 13.8 Å². The molecule has 0 saturated heterocycles. The van der Waals surface area contributed by atoms with Crippen LogP contribution in [0.3, 0.4) is 0 Å². The van der Waals surface area contributed by atoms with E-state index in [4.69, 9.17) is 14.6 Å². The Morgan fingerprint density at radius 3 is 2.53 bits per heavy atom. The van der Waals surface area contributed by atoms with Gasteiger partial charge in [0.1, 0.15) is 6.04 Å². The number of halogens is 1. The quantitative estimate of drug-likeness (QED) is 0.525. The lowest BCUT2D eigenvalue weighted by molar-refractivity contribution is -0.142. The first kappa shape index (κ1) is 16.3. The maximum absolute atomic E-state index is 11.2.